The Morgan fingerprint density at radius 3 is 2.50 bits per heavy atom. The van der Waals surface area contributed by atoms with E-state index in [4.69, 9.17) is 19.4 Å². The third-order valence-electron chi connectivity index (χ3n) is 11.2. The highest BCUT2D eigenvalue weighted by Crippen LogP contribution is 2.49. The van der Waals surface area contributed by atoms with E-state index in [-0.39, 0.29) is 18.4 Å². The summed E-state index contributed by atoms with van der Waals surface area (Å²) in [6, 6.07) is 12.4. The lowest BCUT2D eigenvalue weighted by molar-refractivity contribution is -0.135. The van der Waals surface area contributed by atoms with E-state index in [1.54, 1.807) is 16.2 Å². The van der Waals surface area contributed by atoms with Crippen LogP contribution in [0, 0.1) is 12.8 Å². The Hall–Kier alpha value is -5.47. The Morgan fingerprint density at radius 1 is 1.00 bits per heavy atom. The number of ether oxygens (including phenoxy) is 2. The number of amides is 2. The first kappa shape index (κ1) is 39.4. The van der Waals surface area contributed by atoms with Gasteiger partial charge in [0.2, 0.25) is 12.1 Å². The summed E-state index contributed by atoms with van der Waals surface area (Å²) >= 11 is 1.76. The fourth-order valence-corrected chi connectivity index (χ4v) is 9.09. The van der Waals surface area contributed by atoms with Crippen LogP contribution in [0.4, 0.5) is 4.79 Å². The van der Waals surface area contributed by atoms with Crippen LogP contribution >= 0.6 is 11.3 Å². The van der Waals surface area contributed by atoms with Crippen molar-refractivity contribution in [2.75, 3.05) is 20.2 Å². The topological polar surface area (TPSA) is 155 Å². The Labute approximate surface area is 343 Å². The second-order valence-electron chi connectivity index (χ2n) is 15.8. The molecule has 2 aromatic carbocycles. The molecule has 13 nitrogen and oxygen atoms in total. The monoisotopic (exact) mass is 803 g/mol. The summed E-state index contributed by atoms with van der Waals surface area (Å²) in [5, 5.41) is 8.44. The van der Waals surface area contributed by atoms with Crippen LogP contribution < -0.4 is 15.4 Å². The van der Waals surface area contributed by atoms with E-state index in [2.05, 4.69) is 80.4 Å². The SMILES string of the molecule is CCCNCc1ncc(-c2ccc3c(c2)cc2n3C(c3cnc(C4CCC4)s3)Oc3cc(-c4cnc(CN(CCC)C(=O)C(NC(=O)OC)C(C)C)[nH]4)cc(C)c3-2)[nH]1. The Balaban J connectivity index is 1.13. The third-order valence-corrected chi connectivity index (χ3v) is 12.4. The number of carbonyl (C=O) groups excluding carboxylic acids is 2. The van der Waals surface area contributed by atoms with E-state index in [1.165, 1.54) is 31.4 Å². The van der Waals surface area contributed by atoms with Gasteiger partial charge < -0.3 is 35.0 Å². The molecule has 2 atom stereocenters. The van der Waals surface area contributed by atoms with Crippen LogP contribution in [-0.2, 0) is 22.6 Å². The van der Waals surface area contributed by atoms with E-state index in [0.29, 0.717) is 24.8 Å². The standard InChI is InChI=1S/C44H53N9O4S/c1-7-14-45-23-37-46-20-31(49-37)28-12-13-33-30(17-28)18-34-39-26(5)16-29(19-35(39)57-43(53(33)34)36-22-48-41(58-36)27-10-9-11-27)32-21-47-38(50-32)24-52(15-8-2)42(54)40(25(3)4)51-44(55)56-6/h12-13,16-22,25,27,40,43,45H,7-11,14-15,23-24H2,1-6H3,(H,46,49)(H,47,50)(H,51,55). The van der Waals surface area contributed by atoms with E-state index in [0.717, 1.165) is 86.1 Å². The lowest BCUT2D eigenvalue weighted by Crippen LogP contribution is -2.51. The molecule has 1 fully saturated rings. The van der Waals surface area contributed by atoms with Crippen molar-refractivity contribution in [3.05, 3.63) is 82.1 Å². The molecule has 1 saturated carbocycles. The first-order valence-corrected chi connectivity index (χ1v) is 21.3. The lowest BCUT2D eigenvalue weighted by Gasteiger charge is -2.30. The number of aryl methyl sites for hydroxylation is 1. The van der Waals surface area contributed by atoms with Crippen LogP contribution in [0.15, 0.2) is 55.0 Å². The number of hydrogen-bond donors (Lipinski definition) is 4. The first-order valence-electron chi connectivity index (χ1n) is 20.5. The van der Waals surface area contributed by atoms with Gasteiger partial charge in [0.15, 0.2) is 0 Å². The molecule has 4 aromatic heterocycles. The summed E-state index contributed by atoms with van der Waals surface area (Å²) in [5.74, 6) is 2.59. The molecular weight excluding hydrogens is 751 g/mol. The fraction of sp³-hybridized carbons (Fsp3) is 0.432. The van der Waals surface area contributed by atoms with Gasteiger partial charge in [-0.2, -0.15) is 0 Å². The van der Waals surface area contributed by atoms with Crippen LogP contribution in [0.2, 0.25) is 0 Å². The molecular formula is C44H53N9O4S. The van der Waals surface area contributed by atoms with Crippen molar-refractivity contribution in [2.45, 2.75) is 98.0 Å². The molecule has 1 aliphatic carbocycles. The number of fused-ring (bicyclic) bond motifs is 5. The van der Waals surface area contributed by atoms with Crippen molar-refractivity contribution >= 4 is 34.2 Å². The summed E-state index contributed by atoms with van der Waals surface area (Å²) in [4.78, 5) is 49.8. The van der Waals surface area contributed by atoms with Crippen molar-refractivity contribution in [3.8, 4) is 39.5 Å². The highest BCUT2D eigenvalue weighted by Gasteiger charge is 2.34. The number of H-pyrrole nitrogens is 2. The van der Waals surface area contributed by atoms with E-state index < -0.39 is 18.4 Å². The van der Waals surface area contributed by atoms with Crippen LogP contribution in [-0.4, -0.2) is 72.6 Å². The van der Waals surface area contributed by atoms with Gasteiger partial charge >= 0.3 is 6.09 Å². The van der Waals surface area contributed by atoms with Crippen molar-refractivity contribution in [1.82, 2.24) is 45.0 Å². The molecule has 1 aliphatic heterocycles. The summed E-state index contributed by atoms with van der Waals surface area (Å²) in [5.41, 5.74) is 8.12. The number of methoxy groups -OCH3 is 1. The molecule has 2 aliphatic rings. The maximum Gasteiger partial charge on any atom is 0.407 e. The highest BCUT2D eigenvalue weighted by molar-refractivity contribution is 7.11. The zero-order chi connectivity index (χ0) is 40.5. The first-order chi connectivity index (χ1) is 28.1. The minimum absolute atomic E-state index is 0.127. The summed E-state index contributed by atoms with van der Waals surface area (Å²) in [6.45, 7) is 12.6. The maximum absolute atomic E-state index is 13.7. The molecule has 58 heavy (non-hydrogen) atoms. The molecule has 8 rings (SSSR count). The Kier molecular flexibility index (Phi) is 11.4. The van der Waals surface area contributed by atoms with Crippen LogP contribution in [0.25, 0.3) is 44.7 Å². The second kappa shape index (κ2) is 16.8. The van der Waals surface area contributed by atoms with Gasteiger partial charge in [-0.05, 0) is 81.0 Å². The van der Waals surface area contributed by atoms with Gasteiger partial charge in [0.05, 0.1) is 65.1 Å². The Morgan fingerprint density at radius 2 is 1.78 bits per heavy atom. The van der Waals surface area contributed by atoms with Gasteiger partial charge in [0.1, 0.15) is 23.4 Å². The van der Waals surface area contributed by atoms with E-state index >= 15 is 0 Å². The predicted molar refractivity (Wildman–Crippen MR) is 227 cm³/mol. The fourth-order valence-electron chi connectivity index (χ4n) is 7.98. The number of carbonyl (C=O) groups is 2. The number of aromatic amines is 2. The maximum atomic E-state index is 13.7. The summed E-state index contributed by atoms with van der Waals surface area (Å²) < 4.78 is 14.2. The van der Waals surface area contributed by atoms with Gasteiger partial charge in [-0.15, -0.1) is 11.3 Å². The number of nitrogens with one attached hydrogen (secondary N) is 4. The number of thiazole rings is 1. The van der Waals surface area contributed by atoms with Gasteiger partial charge in [-0.3, -0.25) is 9.36 Å². The summed E-state index contributed by atoms with van der Waals surface area (Å²) in [7, 11) is 1.30. The molecule has 0 radical (unpaired) electrons. The van der Waals surface area contributed by atoms with E-state index in [9.17, 15) is 9.59 Å². The van der Waals surface area contributed by atoms with Gasteiger partial charge in [0, 0.05) is 40.7 Å². The Bertz CT molecular complexity index is 2420. The van der Waals surface area contributed by atoms with Gasteiger partial charge in [-0.1, -0.05) is 40.2 Å². The minimum atomic E-state index is -0.719. The smallest absolute Gasteiger partial charge is 0.407 e. The van der Waals surface area contributed by atoms with Crippen LogP contribution in [0.5, 0.6) is 5.75 Å². The van der Waals surface area contributed by atoms with Gasteiger partial charge in [-0.25, -0.2) is 19.7 Å². The molecule has 5 heterocycles. The molecule has 2 unspecified atom stereocenters. The average molecular weight is 804 g/mol. The zero-order valence-corrected chi connectivity index (χ0v) is 35.0. The van der Waals surface area contributed by atoms with Gasteiger partial charge in [0.25, 0.3) is 0 Å². The highest BCUT2D eigenvalue weighted by atomic mass is 32.1. The van der Waals surface area contributed by atoms with Crippen molar-refractivity contribution in [2.24, 2.45) is 5.92 Å². The molecule has 14 heteroatoms. The molecule has 6 aromatic rings. The quantitative estimate of drug-likeness (QED) is 0.0752. The average Bonchev–Trinajstić information content (AvgIpc) is 4.02. The minimum Gasteiger partial charge on any atom is -0.464 e. The number of aromatic nitrogens is 6. The predicted octanol–water partition coefficient (Wildman–Crippen LogP) is 8.68. The van der Waals surface area contributed by atoms with Crippen molar-refractivity contribution in [1.29, 1.82) is 0 Å². The second-order valence-corrected chi connectivity index (χ2v) is 16.9. The zero-order valence-electron chi connectivity index (χ0n) is 34.1. The number of rotatable bonds is 15. The molecule has 2 amide bonds. The van der Waals surface area contributed by atoms with Crippen LogP contribution in [0.3, 0.4) is 0 Å². The van der Waals surface area contributed by atoms with Crippen molar-refractivity contribution in [3.63, 3.8) is 0 Å². The van der Waals surface area contributed by atoms with Crippen molar-refractivity contribution < 1.29 is 19.1 Å². The number of imidazole rings is 2. The molecule has 0 spiro atoms. The lowest BCUT2D eigenvalue weighted by atomic mass is 9.86. The summed E-state index contributed by atoms with van der Waals surface area (Å²) in [6.07, 6.45) is 10.2. The number of alkyl carbamates (subject to hydrolysis) is 1. The largest absolute Gasteiger partial charge is 0.464 e. The van der Waals surface area contributed by atoms with E-state index in [1.807, 2.05) is 39.4 Å². The third kappa shape index (κ3) is 7.74. The number of nitrogens with zero attached hydrogens (tertiary/aromatic N) is 5. The molecule has 4 N–H and O–H groups in total. The normalized spacial score (nSPS) is 15.5. The molecule has 304 valence electrons. The number of benzene rings is 2. The van der Waals surface area contributed by atoms with Crippen LogP contribution in [0.1, 0.15) is 99.0 Å². The molecule has 0 saturated heterocycles. The molecule has 0 bridgehead atoms. The number of hydrogen-bond acceptors (Lipinski definition) is 9.